The van der Waals surface area contributed by atoms with Crippen LogP contribution in [-0.4, -0.2) is 5.91 Å². The van der Waals surface area contributed by atoms with Crippen LogP contribution >= 0.6 is 23.2 Å². The second-order valence-electron chi connectivity index (χ2n) is 4.23. The first kappa shape index (κ1) is 13.9. The SMILES string of the molecule is CC(NC(=O)c1cc(Cl)ccc1Cl)c1ccccc1. The lowest BCUT2D eigenvalue weighted by Crippen LogP contribution is -2.26. The van der Waals surface area contributed by atoms with Crippen molar-refractivity contribution in [2.75, 3.05) is 0 Å². The number of benzene rings is 2. The lowest BCUT2D eigenvalue weighted by molar-refractivity contribution is 0.0940. The summed E-state index contributed by atoms with van der Waals surface area (Å²) in [7, 11) is 0. The zero-order valence-corrected chi connectivity index (χ0v) is 11.9. The lowest BCUT2D eigenvalue weighted by Gasteiger charge is -2.15. The fourth-order valence-corrected chi connectivity index (χ4v) is 2.15. The van der Waals surface area contributed by atoms with Gasteiger partial charge in [-0.15, -0.1) is 0 Å². The van der Waals surface area contributed by atoms with Crippen LogP contribution in [0.1, 0.15) is 28.9 Å². The van der Waals surface area contributed by atoms with Crippen molar-refractivity contribution in [3.05, 3.63) is 69.7 Å². The number of amides is 1. The third-order valence-electron chi connectivity index (χ3n) is 2.82. The summed E-state index contributed by atoms with van der Waals surface area (Å²) in [5.41, 5.74) is 1.42. The third kappa shape index (κ3) is 3.49. The molecule has 1 N–H and O–H groups in total. The molecule has 4 heteroatoms. The highest BCUT2D eigenvalue weighted by atomic mass is 35.5. The average molecular weight is 294 g/mol. The molecule has 0 fully saturated rings. The quantitative estimate of drug-likeness (QED) is 0.888. The molecule has 0 aromatic heterocycles. The number of hydrogen-bond donors (Lipinski definition) is 1. The molecular formula is C15H13Cl2NO. The summed E-state index contributed by atoms with van der Waals surface area (Å²) in [4.78, 5) is 12.1. The molecule has 1 atom stereocenters. The van der Waals surface area contributed by atoms with Gasteiger partial charge in [0, 0.05) is 5.02 Å². The van der Waals surface area contributed by atoms with Crippen LogP contribution in [0.25, 0.3) is 0 Å². The maximum atomic E-state index is 12.1. The minimum absolute atomic E-state index is 0.0938. The van der Waals surface area contributed by atoms with Crippen LogP contribution in [0.3, 0.4) is 0 Å². The summed E-state index contributed by atoms with van der Waals surface area (Å²) in [6, 6.07) is 14.5. The number of rotatable bonds is 3. The maximum Gasteiger partial charge on any atom is 0.253 e. The van der Waals surface area contributed by atoms with Crippen LogP contribution in [-0.2, 0) is 0 Å². The van der Waals surface area contributed by atoms with E-state index in [-0.39, 0.29) is 11.9 Å². The van der Waals surface area contributed by atoms with E-state index in [1.54, 1.807) is 18.2 Å². The van der Waals surface area contributed by atoms with E-state index in [1.807, 2.05) is 37.3 Å². The van der Waals surface area contributed by atoms with Gasteiger partial charge in [-0.2, -0.15) is 0 Å². The number of carbonyl (C=O) groups excluding carboxylic acids is 1. The summed E-state index contributed by atoms with van der Waals surface area (Å²) < 4.78 is 0. The molecule has 0 saturated heterocycles. The van der Waals surface area contributed by atoms with Gasteiger partial charge in [0.15, 0.2) is 0 Å². The number of hydrogen-bond acceptors (Lipinski definition) is 1. The first-order valence-corrected chi connectivity index (χ1v) is 6.64. The Morgan fingerprint density at radius 2 is 1.79 bits per heavy atom. The molecular weight excluding hydrogens is 281 g/mol. The summed E-state index contributed by atoms with van der Waals surface area (Å²) in [5.74, 6) is -0.233. The zero-order valence-electron chi connectivity index (χ0n) is 10.4. The number of halogens is 2. The van der Waals surface area contributed by atoms with Crippen molar-refractivity contribution in [2.24, 2.45) is 0 Å². The van der Waals surface area contributed by atoms with Gasteiger partial charge in [-0.1, -0.05) is 53.5 Å². The second kappa shape index (κ2) is 6.09. The van der Waals surface area contributed by atoms with E-state index in [2.05, 4.69) is 5.32 Å². The van der Waals surface area contributed by atoms with Crippen molar-refractivity contribution in [3.63, 3.8) is 0 Å². The highest BCUT2D eigenvalue weighted by molar-refractivity contribution is 6.35. The van der Waals surface area contributed by atoms with Crippen molar-refractivity contribution >= 4 is 29.1 Å². The predicted octanol–water partition coefficient (Wildman–Crippen LogP) is 4.48. The first-order chi connectivity index (χ1) is 9.08. The summed E-state index contributed by atoms with van der Waals surface area (Å²) in [6.07, 6.45) is 0. The van der Waals surface area contributed by atoms with E-state index >= 15 is 0 Å². The Bertz CT molecular complexity index is 584. The normalized spacial score (nSPS) is 11.9. The summed E-state index contributed by atoms with van der Waals surface area (Å²) >= 11 is 11.9. The Hall–Kier alpha value is -1.51. The van der Waals surface area contributed by atoms with Crippen LogP contribution in [0.4, 0.5) is 0 Å². The number of carbonyl (C=O) groups is 1. The minimum atomic E-state index is -0.233. The largest absolute Gasteiger partial charge is 0.345 e. The van der Waals surface area contributed by atoms with Crippen molar-refractivity contribution in [1.82, 2.24) is 5.32 Å². The van der Waals surface area contributed by atoms with Crippen molar-refractivity contribution in [3.8, 4) is 0 Å². The fraction of sp³-hybridized carbons (Fsp3) is 0.133. The van der Waals surface area contributed by atoms with Crippen LogP contribution in [0.2, 0.25) is 10.0 Å². The van der Waals surface area contributed by atoms with E-state index in [9.17, 15) is 4.79 Å². The van der Waals surface area contributed by atoms with Crippen molar-refractivity contribution < 1.29 is 4.79 Å². The standard InChI is InChI=1S/C15H13Cl2NO/c1-10(11-5-3-2-4-6-11)18-15(19)13-9-12(16)7-8-14(13)17/h2-10H,1H3,(H,18,19). The molecule has 2 rings (SSSR count). The van der Waals surface area contributed by atoms with E-state index in [1.165, 1.54) is 0 Å². The molecule has 98 valence electrons. The molecule has 0 heterocycles. The van der Waals surface area contributed by atoms with Gasteiger partial charge in [-0.3, -0.25) is 4.79 Å². The predicted molar refractivity (Wildman–Crippen MR) is 78.8 cm³/mol. The molecule has 2 aromatic rings. The third-order valence-corrected chi connectivity index (χ3v) is 3.38. The molecule has 2 aromatic carbocycles. The summed E-state index contributed by atoms with van der Waals surface area (Å²) in [6.45, 7) is 1.92. The monoisotopic (exact) mass is 293 g/mol. The van der Waals surface area contributed by atoms with Gasteiger partial charge in [0.25, 0.3) is 5.91 Å². The molecule has 0 aliphatic rings. The minimum Gasteiger partial charge on any atom is -0.345 e. The Morgan fingerprint density at radius 1 is 1.11 bits per heavy atom. The summed E-state index contributed by atoms with van der Waals surface area (Å²) in [5, 5.41) is 3.78. The Labute approximate surface area is 122 Å². The van der Waals surface area contributed by atoms with Gasteiger partial charge in [-0.25, -0.2) is 0 Å². The van der Waals surface area contributed by atoms with E-state index < -0.39 is 0 Å². The molecule has 0 aliphatic carbocycles. The molecule has 1 unspecified atom stereocenters. The maximum absolute atomic E-state index is 12.1. The van der Waals surface area contributed by atoms with Crippen molar-refractivity contribution in [2.45, 2.75) is 13.0 Å². The molecule has 19 heavy (non-hydrogen) atoms. The molecule has 1 amide bonds. The molecule has 0 radical (unpaired) electrons. The van der Waals surface area contributed by atoms with Crippen molar-refractivity contribution in [1.29, 1.82) is 0 Å². The topological polar surface area (TPSA) is 29.1 Å². The Balaban J connectivity index is 2.15. The van der Waals surface area contributed by atoms with Gasteiger partial charge < -0.3 is 5.32 Å². The first-order valence-electron chi connectivity index (χ1n) is 5.89. The average Bonchev–Trinajstić information content (AvgIpc) is 2.42. The smallest absolute Gasteiger partial charge is 0.253 e. The van der Waals surface area contributed by atoms with Gasteiger partial charge >= 0.3 is 0 Å². The zero-order chi connectivity index (χ0) is 13.8. The van der Waals surface area contributed by atoms with Crippen LogP contribution in [0.5, 0.6) is 0 Å². The van der Waals surface area contributed by atoms with Gasteiger partial charge in [0.05, 0.1) is 16.6 Å². The molecule has 0 aliphatic heterocycles. The highest BCUT2D eigenvalue weighted by Gasteiger charge is 2.14. The Kier molecular flexibility index (Phi) is 4.46. The van der Waals surface area contributed by atoms with Gasteiger partial charge in [0.1, 0.15) is 0 Å². The van der Waals surface area contributed by atoms with E-state index in [0.29, 0.717) is 15.6 Å². The molecule has 0 spiro atoms. The van der Waals surface area contributed by atoms with E-state index in [0.717, 1.165) is 5.56 Å². The van der Waals surface area contributed by atoms with Crippen LogP contribution in [0.15, 0.2) is 48.5 Å². The highest BCUT2D eigenvalue weighted by Crippen LogP contribution is 2.21. The van der Waals surface area contributed by atoms with Crippen LogP contribution < -0.4 is 5.32 Å². The van der Waals surface area contributed by atoms with E-state index in [4.69, 9.17) is 23.2 Å². The fourth-order valence-electron chi connectivity index (χ4n) is 1.77. The Morgan fingerprint density at radius 3 is 2.47 bits per heavy atom. The molecule has 2 nitrogen and oxygen atoms in total. The van der Waals surface area contributed by atoms with Gasteiger partial charge in [-0.05, 0) is 30.7 Å². The number of nitrogens with one attached hydrogen (secondary N) is 1. The van der Waals surface area contributed by atoms with Crippen LogP contribution in [0, 0.1) is 0 Å². The molecule has 0 bridgehead atoms. The van der Waals surface area contributed by atoms with Gasteiger partial charge in [0.2, 0.25) is 0 Å². The molecule has 0 saturated carbocycles. The lowest BCUT2D eigenvalue weighted by atomic mass is 10.1. The second-order valence-corrected chi connectivity index (χ2v) is 5.07.